The second-order valence-electron chi connectivity index (χ2n) is 4.22. The molecule has 3 nitrogen and oxygen atoms in total. The van der Waals surface area contributed by atoms with Crippen molar-refractivity contribution >= 4 is 11.5 Å². The number of allylic oxidation sites excluding steroid dienone is 1. The molecule has 0 saturated heterocycles. The molecule has 90 valence electrons. The molecule has 0 heterocycles. The van der Waals surface area contributed by atoms with Gasteiger partial charge in [-0.25, -0.2) is 0 Å². The van der Waals surface area contributed by atoms with Crippen LogP contribution in [0, 0.1) is 6.92 Å². The predicted molar refractivity (Wildman–Crippen MR) is 65.5 cm³/mol. The minimum atomic E-state index is -0.0974. The monoisotopic (exact) mass is 232 g/mol. The van der Waals surface area contributed by atoms with Crippen LogP contribution in [0.15, 0.2) is 24.3 Å². The summed E-state index contributed by atoms with van der Waals surface area (Å²) in [4.78, 5) is 11.8. The second-order valence-corrected chi connectivity index (χ2v) is 4.22. The Morgan fingerprint density at radius 1 is 1.35 bits per heavy atom. The van der Waals surface area contributed by atoms with E-state index in [1.165, 1.54) is 0 Å². The number of fused-ring (bicyclic) bond motifs is 1. The topological polar surface area (TPSA) is 35.5 Å². The lowest BCUT2D eigenvalue weighted by molar-refractivity contribution is -0.115. The molecule has 1 unspecified atom stereocenters. The van der Waals surface area contributed by atoms with Gasteiger partial charge in [-0.1, -0.05) is 25.1 Å². The highest BCUT2D eigenvalue weighted by Gasteiger charge is 2.26. The van der Waals surface area contributed by atoms with Gasteiger partial charge in [-0.2, -0.15) is 0 Å². The summed E-state index contributed by atoms with van der Waals surface area (Å²) in [6.07, 6.45) is 1.57. The van der Waals surface area contributed by atoms with Gasteiger partial charge in [-0.15, -0.1) is 0 Å². The Balaban J connectivity index is 2.48. The third kappa shape index (κ3) is 2.11. The van der Waals surface area contributed by atoms with E-state index in [1.807, 2.05) is 32.0 Å². The molecule has 1 aromatic rings. The van der Waals surface area contributed by atoms with Gasteiger partial charge >= 0.3 is 0 Å². The van der Waals surface area contributed by atoms with Gasteiger partial charge in [0.2, 0.25) is 0 Å². The van der Waals surface area contributed by atoms with Crippen LogP contribution in [0.1, 0.15) is 29.5 Å². The summed E-state index contributed by atoms with van der Waals surface area (Å²) in [6.45, 7) is 4.09. The third-order valence-corrected chi connectivity index (χ3v) is 3.05. The number of benzene rings is 1. The zero-order valence-electron chi connectivity index (χ0n) is 10.3. The Kier molecular flexibility index (Phi) is 3.29. The van der Waals surface area contributed by atoms with Gasteiger partial charge in [-0.05, 0) is 18.1 Å². The van der Waals surface area contributed by atoms with Gasteiger partial charge in [0.25, 0.3) is 0 Å². The lowest BCUT2D eigenvalue weighted by atomic mass is 9.84. The van der Waals surface area contributed by atoms with Crippen molar-refractivity contribution in [2.75, 3.05) is 13.9 Å². The van der Waals surface area contributed by atoms with Crippen molar-refractivity contribution in [3.63, 3.8) is 0 Å². The first-order chi connectivity index (χ1) is 8.15. The van der Waals surface area contributed by atoms with Gasteiger partial charge in [0.05, 0.1) is 0 Å². The molecule has 17 heavy (non-hydrogen) atoms. The van der Waals surface area contributed by atoms with Crippen LogP contribution < -0.4 is 0 Å². The third-order valence-electron chi connectivity index (χ3n) is 3.05. The number of methoxy groups -OCH3 is 1. The van der Waals surface area contributed by atoms with Gasteiger partial charge in [0.1, 0.15) is 5.76 Å². The molecule has 0 bridgehead atoms. The van der Waals surface area contributed by atoms with Crippen molar-refractivity contribution < 1.29 is 14.3 Å². The number of carbonyl (C=O) groups is 1. The molecule has 0 saturated carbocycles. The Labute approximate surface area is 101 Å². The average molecular weight is 232 g/mol. The van der Waals surface area contributed by atoms with Crippen LogP contribution in [0.4, 0.5) is 0 Å². The minimum Gasteiger partial charge on any atom is -0.467 e. The molecule has 1 atom stereocenters. The zero-order valence-corrected chi connectivity index (χ0v) is 10.3. The first kappa shape index (κ1) is 11.9. The van der Waals surface area contributed by atoms with Crippen LogP contribution in [-0.4, -0.2) is 19.7 Å². The van der Waals surface area contributed by atoms with E-state index < -0.39 is 0 Å². The maximum Gasteiger partial charge on any atom is 0.188 e. The van der Waals surface area contributed by atoms with Gasteiger partial charge in [-0.3, -0.25) is 4.79 Å². The second kappa shape index (κ2) is 4.72. The molecule has 0 fully saturated rings. The van der Waals surface area contributed by atoms with E-state index in [1.54, 1.807) is 13.2 Å². The van der Waals surface area contributed by atoms with Crippen molar-refractivity contribution in [1.29, 1.82) is 0 Å². The number of hydrogen-bond donors (Lipinski definition) is 0. The Morgan fingerprint density at radius 2 is 2.12 bits per heavy atom. The SMILES string of the molecule is COCOC1=CC(=O)C(C)c2cccc(C)c21. The van der Waals surface area contributed by atoms with Gasteiger partial charge in [0.15, 0.2) is 12.6 Å². The molecule has 1 aliphatic rings. The largest absolute Gasteiger partial charge is 0.467 e. The Hall–Kier alpha value is -1.61. The highest BCUT2D eigenvalue weighted by atomic mass is 16.7. The van der Waals surface area contributed by atoms with E-state index in [-0.39, 0.29) is 18.5 Å². The van der Waals surface area contributed by atoms with Crippen molar-refractivity contribution in [2.45, 2.75) is 19.8 Å². The molecular formula is C14H16O3. The average Bonchev–Trinajstić information content (AvgIpc) is 2.32. The maximum absolute atomic E-state index is 11.8. The minimum absolute atomic E-state index is 0.0780. The number of rotatable bonds is 3. The fraction of sp³-hybridized carbons (Fsp3) is 0.357. The summed E-state index contributed by atoms with van der Waals surface area (Å²) < 4.78 is 10.4. The first-order valence-electron chi connectivity index (χ1n) is 5.62. The van der Waals surface area contributed by atoms with E-state index in [0.29, 0.717) is 5.76 Å². The summed E-state index contributed by atoms with van der Waals surface area (Å²) in [5.41, 5.74) is 3.17. The highest BCUT2D eigenvalue weighted by molar-refractivity contribution is 6.04. The molecular weight excluding hydrogens is 216 g/mol. The summed E-state index contributed by atoms with van der Waals surface area (Å²) in [5.74, 6) is 0.594. The number of hydrogen-bond acceptors (Lipinski definition) is 3. The predicted octanol–water partition coefficient (Wildman–Crippen LogP) is 2.64. The smallest absolute Gasteiger partial charge is 0.188 e. The summed E-state index contributed by atoms with van der Waals surface area (Å²) in [6, 6.07) is 5.97. The standard InChI is InChI=1S/C14H16O3/c1-9-5-4-6-11-10(2)12(15)7-13(14(9)11)17-8-16-3/h4-7,10H,8H2,1-3H3. The van der Waals surface area contributed by atoms with E-state index in [9.17, 15) is 4.79 Å². The molecule has 0 amide bonds. The lowest BCUT2D eigenvalue weighted by Crippen LogP contribution is -2.16. The number of ketones is 1. The van der Waals surface area contributed by atoms with Crippen LogP contribution in [0.2, 0.25) is 0 Å². The molecule has 0 spiro atoms. The van der Waals surface area contributed by atoms with Crippen LogP contribution in [0.3, 0.4) is 0 Å². The zero-order chi connectivity index (χ0) is 12.4. The van der Waals surface area contributed by atoms with Crippen molar-refractivity contribution in [3.8, 4) is 0 Å². The molecule has 0 aliphatic heterocycles. The maximum atomic E-state index is 11.8. The summed E-state index contributed by atoms with van der Waals surface area (Å²) in [7, 11) is 1.56. The van der Waals surface area contributed by atoms with Crippen molar-refractivity contribution in [2.24, 2.45) is 0 Å². The fourth-order valence-corrected chi connectivity index (χ4v) is 2.10. The Morgan fingerprint density at radius 3 is 2.82 bits per heavy atom. The molecule has 2 rings (SSSR count). The van der Waals surface area contributed by atoms with E-state index in [2.05, 4.69) is 0 Å². The first-order valence-corrected chi connectivity index (χ1v) is 5.62. The van der Waals surface area contributed by atoms with Gasteiger partial charge < -0.3 is 9.47 Å². The van der Waals surface area contributed by atoms with Crippen molar-refractivity contribution in [1.82, 2.24) is 0 Å². The van der Waals surface area contributed by atoms with Crippen LogP contribution in [0.5, 0.6) is 0 Å². The van der Waals surface area contributed by atoms with Crippen LogP contribution in [0.25, 0.3) is 5.76 Å². The quantitative estimate of drug-likeness (QED) is 0.751. The van der Waals surface area contributed by atoms with E-state index in [4.69, 9.17) is 9.47 Å². The Bertz CT molecular complexity index is 474. The molecule has 0 radical (unpaired) electrons. The fourth-order valence-electron chi connectivity index (χ4n) is 2.10. The van der Waals surface area contributed by atoms with Crippen LogP contribution in [-0.2, 0) is 14.3 Å². The number of aryl methyl sites for hydroxylation is 1. The highest BCUT2D eigenvalue weighted by Crippen LogP contribution is 2.34. The summed E-state index contributed by atoms with van der Waals surface area (Å²) >= 11 is 0. The van der Waals surface area contributed by atoms with E-state index in [0.717, 1.165) is 16.7 Å². The lowest BCUT2D eigenvalue weighted by Gasteiger charge is -2.23. The molecule has 3 heteroatoms. The number of ether oxygens (including phenoxy) is 2. The van der Waals surface area contributed by atoms with E-state index >= 15 is 0 Å². The normalized spacial score (nSPS) is 18.6. The molecule has 0 N–H and O–H groups in total. The summed E-state index contributed by atoms with van der Waals surface area (Å²) in [5, 5.41) is 0. The van der Waals surface area contributed by atoms with Crippen molar-refractivity contribution in [3.05, 3.63) is 41.0 Å². The van der Waals surface area contributed by atoms with Gasteiger partial charge in [0, 0.05) is 24.7 Å². The number of carbonyl (C=O) groups excluding carboxylic acids is 1. The van der Waals surface area contributed by atoms with Crippen LogP contribution >= 0.6 is 0 Å². The molecule has 1 aliphatic carbocycles. The molecule has 0 aromatic heterocycles. The molecule has 1 aromatic carbocycles.